The molecule has 0 spiro atoms. The van der Waals surface area contributed by atoms with E-state index in [2.05, 4.69) is 0 Å². The zero-order valence-corrected chi connectivity index (χ0v) is 9.32. The molecule has 0 aromatic rings. The lowest BCUT2D eigenvalue weighted by molar-refractivity contribution is 0.573. The fourth-order valence-corrected chi connectivity index (χ4v) is 4.74. The van der Waals surface area contributed by atoms with E-state index in [4.69, 9.17) is 0 Å². The molecule has 4 nitrogen and oxygen atoms in total. The fourth-order valence-electron chi connectivity index (χ4n) is 1.70. The lowest BCUT2D eigenvalue weighted by Gasteiger charge is -2.12. The van der Waals surface area contributed by atoms with Crippen LogP contribution in [0.4, 0.5) is 0 Å². The van der Waals surface area contributed by atoms with Gasteiger partial charge in [0.2, 0.25) is 7.14 Å². The molecule has 14 heavy (non-hydrogen) atoms. The van der Waals surface area contributed by atoms with Crippen molar-refractivity contribution in [3.05, 3.63) is 34.9 Å². The van der Waals surface area contributed by atoms with E-state index in [1.165, 1.54) is 0 Å². The topological polar surface area (TPSA) is 26.1 Å². The van der Waals surface area contributed by atoms with Crippen molar-refractivity contribution >= 4 is 7.14 Å². The Balaban J connectivity index is 1.96. The molecule has 3 rings (SSSR count). The van der Waals surface area contributed by atoms with Crippen molar-refractivity contribution in [3.8, 4) is 0 Å². The van der Waals surface area contributed by atoms with Gasteiger partial charge < -0.3 is 19.3 Å². The molecule has 5 heteroatoms. The van der Waals surface area contributed by atoms with E-state index in [1.807, 2.05) is 54.4 Å². The summed E-state index contributed by atoms with van der Waals surface area (Å²) < 4.78 is 12.8. The molecule has 0 aromatic heterocycles. The highest BCUT2D eigenvalue weighted by Gasteiger charge is 2.53. The van der Waals surface area contributed by atoms with Crippen molar-refractivity contribution in [2.24, 2.45) is 0 Å². The Kier molecular flexibility index (Phi) is 1.22. The number of hydrogen-bond acceptors (Lipinski definition) is 4. The predicted molar refractivity (Wildman–Crippen MR) is 55.1 cm³/mol. The normalized spacial score (nSPS) is 23.1. The van der Waals surface area contributed by atoms with E-state index in [-0.39, 0.29) is 0 Å². The van der Waals surface area contributed by atoms with Crippen molar-refractivity contribution in [2.45, 2.75) is 0 Å². The van der Waals surface area contributed by atoms with E-state index in [0.29, 0.717) is 0 Å². The average molecular weight is 209 g/mol. The number of hydrogen-bond donors (Lipinski definition) is 0. The molecule has 0 saturated heterocycles. The van der Waals surface area contributed by atoms with Crippen LogP contribution >= 0.6 is 7.14 Å². The van der Waals surface area contributed by atoms with Gasteiger partial charge >= 0.3 is 0 Å². The van der Waals surface area contributed by atoms with Gasteiger partial charge in [0.15, 0.2) is 0 Å². The molecule has 0 amide bonds. The molecule has 0 bridgehead atoms. The Morgan fingerprint density at radius 3 is 1.21 bits per heavy atom. The minimum atomic E-state index is -2.41. The van der Waals surface area contributed by atoms with Crippen LogP contribution in [0.5, 0.6) is 0 Å². The molecule has 3 aliphatic rings. The van der Waals surface area contributed by atoms with Crippen LogP contribution in [0.1, 0.15) is 0 Å². The SMILES string of the molecule is CN1C=C1P(=O)(C1=CN1C)C1=CN1C. The average Bonchev–Trinajstić information content (AvgIpc) is 2.91. The standard InChI is InChI=1S/C9H12N3OP/c1-10-4-7(10)14(13,8-5-11(8)2)9-6-12(9)3/h4-6H,1-3H3. The Bertz CT molecular complexity index is 396. The van der Waals surface area contributed by atoms with Crippen LogP contribution < -0.4 is 0 Å². The van der Waals surface area contributed by atoms with Crippen LogP contribution in [0.2, 0.25) is 0 Å². The molecule has 0 aliphatic carbocycles. The summed E-state index contributed by atoms with van der Waals surface area (Å²) in [6.45, 7) is 0. The number of rotatable bonds is 3. The van der Waals surface area contributed by atoms with Gasteiger partial charge in [0.1, 0.15) is 16.3 Å². The molecular weight excluding hydrogens is 197 g/mol. The van der Waals surface area contributed by atoms with E-state index in [9.17, 15) is 4.57 Å². The maximum absolute atomic E-state index is 12.8. The van der Waals surface area contributed by atoms with Gasteiger partial charge in [0.25, 0.3) is 0 Å². The molecule has 0 radical (unpaired) electrons. The second kappa shape index (κ2) is 2.09. The summed E-state index contributed by atoms with van der Waals surface area (Å²) >= 11 is 0. The molecule has 0 unspecified atom stereocenters. The molecule has 3 aliphatic heterocycles. The van der Waals surface area contributed by atoms with Crippen molar-refractivity contribution in [3.63, 3.8) is 0 Å². The third-order valence-corrected chi connectivity index (χ3v) is 6.00. The molecule has 0 fully saturated rings. The molecule has 0 aromatic carbocycles. The smallest absolute Gasteiger partial charge is 0.222 e. The maximum Gasteiger partial charge on any atom is 0.222 e. The number of nitrogens with zero attached hydrogens (tertiary/aromatic N) is 3. The summed E-state index contributed by atoms with van der Waals surface area (Å²) in [5, 5.41) is 0. The summed E-state index contributed by atoms with van der Waals surface area (Å²) in [4.78, 5) is 5.84. The Labute approximate surface area is 83.1 Å². The van der Waals surface area contributed by atoms with E-state index < -0.39 is 7.14 Å². The van der Waals surface area contributed by atoms with Gasteiger partial charge in [-0.3, -0.25) is 0 Å². The van der Waals surface area contributed by atoms with Gasteiger partial charge in [-0.1, -0.05) is 0 Å². The summed E-state index contributed by atoms with van der Waals surface area (Å²) in [5.41, 5.74) is 2.93. The Morgan fingerprint density at radius 2 is 1.07 bits per heavy atom. The highest BCUT2D eigenvalue weighted by molar-refractivity contribution is 7.76. The molecule has 0 atom stereocenters. The van der Waals surface area contributed by atoms with Crippen LogP contribution in [0.15, 0.2) is 34.9 Å². The van der Waals surface area contributed by atoms with Gasteiger partial charge in [0.05, 0.1) is 0 Å². The zero-order chi connectivity index (χ0) is 10.1. The van der Waals surface area contributed by atoms with Crippen molar-refractivity contribution < 1.29 is 4.57 Å². The Morgan fingerprint density at radius 1 is 0.857 bits per heavy atom. The quantitative estimate of drug-likeness (QED) is 0.659. The first-order chi connectivity index (χ1) is 6.55. The van der Waals surface area contributed by atoms with E-state index in [0.717, 1.165) is 16.3 Å². The molecule has 3 heterocycles. The van der Waals surface area contributed by atoms with Gasteiger partial charge in [-0.25, -0.2) is 0 Å². The largest absolute Gasteiger partial charge is 0.344 e. The second-order valence-corrected chi connectivity index (χ2v) is 6.50. The zero-order valence-electron chi connectivity index (χ0n) is 8.43. The van der Waals surface area contributed by atoms with Crippen molar-refractivity contribution in [1.29, 1.82) is 0 Å². The molecular formula is C9H12N3OP. The fraction of sp³-hybridized carbons (Fsp3) is 0.333. The van der Waals surface area contributed by atoms with E-state index >= 15 is 0 Å². The van der Waals surface area contributed by atoms with Crippen LogP contribution in [0.25, 0.3) is 0 Å². The lowest BCUT2D eigenvalue weighted by atomic mass is 11.2. The monoisotopic (exact) mass is 209 g/mol. The highest BCUT2D eigenvalue weighted by atomic mass is 31.2. The van der Waals surface area contributed by atoms with E-state index in [1.54, 1.807) is 0 Å². The van der Waals surface area contributed by atoms with Gasteiger partial charge in [-0.15, -0.1) is 0 Å². The Hall–Kier alpha value is -1.15. The molecule has 74 valence electrons. The van der Waals surface area contributed by atoms with Crippen LogP contribution in [0, 0.1) is 0 Å². The third-order valence-electron chi connectivity index (χ3n) is 2.78. The summed E-state index contributed by atoms with van der Waals surface area (Å²) in [7, 11) is 3.41. The van der Waals surface area contributed by atoms with Crippen LogP contribution in [-0.4, -0.2) is 35.8 Å². The minimum Gasteiger partial charge on any atom is -0.344 e. The van der Waals surface area contributed by atoms with Crippen molar-refractivity contribution in [2.75, 3.05) is 21.1 Å². The lowest BCUT2D eigenvalue weighted by Crippen LogP contribution is -1.97. The van der Waals surface area contributed by atoms with Crippen LogP contribution in [0.3, 0.4) is 0 Å². The first-order valence-electron chi connectivity index (χ1n) is 4.51. The van der Waals surface area contributed by atoms with Gasteiger partial charge in [0, 0.05) is 39.7 Å². The first kappa shape index (κ1) is 8.18. The second-order valence-electron chi connectivity index (χ2n) is 3.90. The molecule has 0 saturated carbocycles. The van der Waals surface area contributed by atoms with Crippen LogP contribution in [-0.2, 0) is 4.57 Å². The van der Waals surface area contributed by atoms with Gasteiger partial charge in [-0.2, -0.15) is 0 Å². The summed E-state index contributed by atoms with van der Waals surface area (Å²) in [6, 6.07) is 0. The summed E-state index contributed by atoms with van der Waals surface area (Å²) in [6.07, 6.45) is 5.84. The first-order valence-corrected chi connectivity index (χ1v) is 6.21. The van der Waals surface area contributed by atoms with Crippen molar-refractivity contribution in [1.82, 2.24) is 14.7 Å². The summed E-state index contributed by atoms with van der Waals surface area (Å²) in [5.74, 6) is 0. The highest BCUT2D eigenvalue weighted by Crippen LogP contribution is 2.77. The molecule has 0 N–H and O–H groups in total. The minimum absolute atomic E-state index is 0.976. The predicted octanol–water partition coefficient (Wildman–Crippen LogP) is 1.58. The third kappa shape index (κ3) is 0.867. The van der Waals surface area contributed by atoms with Gasteiger partial charge in [-0.05, 0) is 0 Å². The maximum atomic E-state index is 12.8.